The molecular formula is C24H25N3O3S. The fourth-order valence-corrected chi connectivity index (χ4v) is 4.02. The topological polar surface area (TPSA) is 77.1 Å². The lowest BCUT2D eigenvalue weighted by Gasteiger charge is -2.08. The van der Waals surface area contributed by atoms with E-state index in [-0.39, 0.29) is 12.2 Å². The Hall–Kier alpha value is -3.21. The van der Waals surface area contributed by atoms with E-state index in [1.807, 2.05) is 62.6 Å². The van der Waals surface area contributed by atoms with E-state index in [0.717, 1.165) is 27.5 Å². The fourth-order valence-electron chi connectivity index (χ4n) is 3.21. The van der Waals surface area contributed by atoms with E-state index in [1.165, 1.54) is 16.9 Å². The largest absolute Gasteiger partial charge is 0.455 e. The molecule has 7 heteroatoms. The maximum atomic E-state index is 12.5. The van der Waals surface area contributed by atoms with Crippen molar-refractivity contribution in [3.05, 3.63) is 69.5 Å². The van der Waals surface area contributed by atoms with E-state index in [0.29, 0.717) is 18.8 Å². The highest BCUT2D eigenvalue weighted by Crippen LogP contribution is 2.24. The zero-order valence-electron chi connectivity index (χ0n) is 18.1. The van der Waals surface area contributed by atoms with Gasteiger partial charge in [-0.15, -0.1) is 11.3 Å². The van der Waals surface area contributed by atoms with E-state index in [2.05, 4.69) is 9.55 Å². The standard InChI is InChI=1S/C24H25N3O3S/c1-16-5-7-19(8-6-16)23-26-22(15-31-23)14-30-24(28)21(13-25)12-20-11-17(2)27(18(20)3)9-10-29-4/h5-8,11-12,15H,9-10,14H2,1-4H3/b21-12-. The molecule has 1 aromatic carbocycles. The zero-order valence-corrected chi connectivity index (χ0v) is 19.0. The summed E-state index contributed by atoms with van der Waals surface area (Å²) in [4.78, 5) is 17.0. The highest BCUT2D eigenvalue weighted by atomic mass is 32.1. The molecule has 31 heavy (non-hydrogen) atoms. The Morgan fingerprint density at radius 1 is 1.26 bits per heavy atom. The van der Waals surface area contributed by atoms with Crippen LogP contribution in [-0.4, -0.2) is 29.2 Å². The summed E-state index contributed by atoms with van der Waals surface area (Å²) >= 11 is 1.49. The molecule has 0 fully saturated rings. The molecule has 2 heterocycles. The van der Waals surface area contributed by atoms with Crippen LogP contribution in [0.3, 0.4) is 0 Å². The predicted octanol–water partition coefficient (Wildman–Crippen LogP) is 4.83. The number of hydrogen-bond acceptors (Lipinski definition) is 6. The Kier molecular flexibility index (Phi) is 7.40. The van der Waals surface area contributed by atoms with Crippen molar-refractivity contribution in [2.45, 2.75) is 33.9 Å². The number of thiazole rings is 1. The summed E-state index contributed by atoms with van der Waals surface area (Å²) in [5.41, 5.74) is 5.65. The van der Waals surface area contributed by atoms with E-state index in [4.69, 9.17) is 9.47 Å². The number of aromatic nitrogens is 2. The van der Waals surface area contributed by atoms with Crippen LogP contribution in [0, 0.1) is 32.1 Å². The number of aryl methyl sites for hydroxylation is 2. The monoisotopic (exact) mass is 435 g/mol. The first kappa shape index (κ1) is 22.5. The van der Waals surface area contributed by atoms with Gasteiger partial charge in [0, 0.05) is 36.0 Å². The van der Waals surface area contributed by atoms with Crippen LogP contribution in [0.4, 0.5) is 0 Å². The molecular weight excluding hydrogens is 410 g/mol. The van der Waals surface area contributed by atoms with Crippen molar-refractivity contribution in [1.82, 2.24) is 9.55 Å². The lowest BCUT2D eigenvalue weighted by molar-refractivity contribution is -0.139. The van der Waals surface area contributed by atoms with Gasteiger partial charge in [-0.3, -0.25) is 0 Å². The number of hydrogen-bond donors (Lipinski definition) is 0. The zero-order chi connectivity index (χ0) is 22.4. The van der Waals surface area contributed by atoms with Crippen LogP contribution in [0.1, 0.15) is 28.2 Å². The SMILES string of the molecule is COCCn1c(C)cc(/C=C(/C#N)C(=O)OCc2csc(-c3ccc(C)cc3)n2)c1C. The third kappa shape index (κ3) is 5.48. The molecule has 0 saturated heterocycles. The lowest BCUT2D eigenvalue weighted by atomic mass is 10.1. The maximum Gasteiger partial charge on any atom is 0.349 e. The van der Waals surface area contributed by atoms with Gasteiger partial charge in [-0.1, -0.05) is 29.8 Å². The minimum Gasteiger partial charge on any atom is -0.455 e. The minimum absolute atomic E-state index is 0.0209. The first-order valence-corrected chi connectivity index (χ1v) is 10.8. The molecule has 2 aromatic heterocycles. The van der Waals surface area contributed by atoms with Gasteiger partial charge in [0.2, 0.25) is 0 Å². The molecule has 3 rings (SSSR count). The summed E-state index contributed by atoms with van der Waals surface area (Å²) in [7, 11) is 1.66. The van der Waals surface area contributed by atoms with E-state index in [1.54, 1.807) is 13.2 Å². The van der Waals surface area contributed by atoms with E-state index < -0.39 is 5.97 Å². The molecule has 0 aliphatic heterocycles. The van der Waals surface area contributed by atoms with Crippen LogP contribution >= 0.6 is 11.3 Å². The van der Waals surface area contributed by atoms with Crippen molar-refractivity contribution < 1.29 is 14.3 Å². The average molecular weight is 436 g/mol. The van der Waals surface area contributed by atoms with Gasteiger partial charge in [0.1, 0.15) is 23.3 Å². The number of esters is 1. The van der Waals surface area contributed by atoms with Crippen molar-refractivity contribution in [2.75, 3.05) is 13.7 Å². The Morgan fingerprint density at radius 3 is 2.68 bits per heavy atom. The number of nitrogens with zero attached hydrogens (tertiary/aromatic N) is 3. The van der Waals surface area contributed by atoms with Gasteiger partial charge in [-0.25, -0.2) is 9.78 Å². The van der Waals surface area contributed by atoms with Gasteiger partial charge in [-0.05, 0) is 38.5 Å². The first-order chi connectivity index (χ1) is 14.9. The highest BCUT2D eigenvalue weighted by Gasteiger charge is 2.15. The Balaban J connectivity index is 1.68. The van der Waals surface area contributed by atoms with Crippen LogP contribution in [0.5, 0.6) is 0 Å². The lowest BCUT2D eigenvalue weighted by Crippen LogP contribution is -2.08. The van der Waals surface area contributed by atoms with Gasteiger partial charge >= 0.3 is 5.97 Å². The molecule has 0 unspecified atom stereocenters. The van der Waals surface area contributed by atoms with Crippen LogP contribution in [0.15, 0.2) is 41.3 Å². The summed E-state index contributed by atoms with van der Waals surface area (Å²) in [6, 6.07) is 12.0. The molecule has 0 bridgehead atoms. The minimum atomic E-state index is -0.658. The van der Waals surface area contributed by atoms with Crippen molar-refractivity contribution >= 4 is 23.4 Å². The van der Waals surface area contributed by atoms with Gasteiger partial charge in [0.25, 0.3) is 0 Å². The van der Waals surface area contributed by atoms with Gasteiger partial charge < -0.3 is 14.0 Å². The maximum absolute atomic E-state index is 12.5. The quantitative estimate of drug-likeness (QED) is 0.288. The van der Waals surface area contributed by atoms with Crippen molar-refractivity contribution in [1.29, 1.82) is 5.26 Å². The molecule has 0 aliphatic carbocycles. The molecule has 0 atom stereocenters. The molecule has 0 aliphatic rings. The summed E-state index contributed by atoms with van der Waals surface area (Å²) < 4.78 is 12.6. The third-order valence-corrected chi connectivity index (χ3v) is 5.91. The summed E-state index contributed by atoms with van der Waals surface area (Å²) in [6.45, 7) is 7.29. The second kappa shape index (κ2) is 10.2. The number of methoxy groups -OCH3 is 1. The van der Waals surface area contributed by atoms with Gasteiger partial charge in [0.05, 0.1) is 12.3 Å². The van der Waals surface area contributed by atoms with Crippen LogP contribution in [0.25, 0.3) is 16.6 Å². The second-order valence-corrected chi connectivity index (χ2v) is 8.08. The molecule has 0 amide bonds. The van der Waals surface area contributed by atoms with Crippen molar-refractivity contribution in [3.63, 3.8) is 0 Å². The third-order valence-electron chi connectivity index (χ3n) is 4.97. The normalized spacial score (nSPS) is 11.4. The molecule has 160 valence electrons. The van der Waals surface area contributed by atoms with Crippen LogP contribution in [0.2, 0.25) is 0 Å². The number of benzene rings is 1. The fraction of sp³-hybridized carbons (Fsp3) is 0.292. The summed E-state index contributed by atoms with van der Waals surface area (Å²) in [6.07, 6.45) is 1.58. The summed E-state index contributed by atoms with van der Waals surface area (Å²) in [5, 5.41) is 12.2. The number of carbonyl (C=O) groups is 1. The highest BCUT2D eigenvalue weighted by molar-refractivity contribution is 7.13. The second-order valence-electron chi connectivity index (χ2n) is 7.23. The Morgan fingerprint density at radius 2 is 2.00 bits per heavy atom. The number of nitriles is 1. The smallest absolute Gasteiger partial charge is 0.349 e. The number of rotatable bonds is 8. The first-order valence-electron chi connectivity index (χ1n) is 9.89. The molecule has 0 radical (unpaired) electrons. The Labute approximate surface area is 186 Å². The van der Waals surface area contributed by atoms with Gasteiger partial charge in [0.15, 0.2) is 0 Å². The van der Waals surface area contributed by atoms with E-state index in [9.17, 15) is 10.1 Å². The molecule has 3 aromatic rings. The van der Waals surface area contributed by atoms with Crippen LogP contribution in [-0.2, 0) is 27.4 Å². The van der Waals surface area contributed by atoms with E-state index >= 15 is 0 Å². The molecule has 0 saturated carbocycles. The van der Waals surface area contributed by atoms with Gasteiger partial charge in [-0.2, -0.15) is 5.26 Å². The van der Waals surface area contributed by atoms with Crippen LogP contribution < -0.4 is 0 Å². The Bertz CT molecular complexity index is 1130. The predicted molar refractivity (Wildman–Crippen MR) is 121 cm³/mol. The molecule has 0 N–H and O–H groups in total. The van der Waals surface area contributed by atoms with Crippen molar-refractivity contribution in [2.24, 2.45) is 0 Å². The summed E-state index contributed by atoms with van der Waals surface area (Å²) in [5.74, 6) is -0.658. The van der Waals surface area contributed by atoms with Crippen molar-refractivity contribution in [3.8, 4) is 16.6 Å². The average Bonchev–Trinajstić information content (AvgIpc) is 3.34. The number of carbonyl (C=O) groups excluding carboxylic acids is 1. The molecule has 6 nitrogen and oxygen atoms in total. The number of ether oxygens (including phenoxy) is 2. The molecule has 0 spiro atoms.